The van der Waals surface area contributed by atoms with Gasteiger partial charge in [-0.15, -0.1) is 0 Å². The number of aliphatic hydroxyl groups excluding tert-OH is 1. The van der Waals surface area contributed by atoms with E-state index in [1.807, 2.05) is 26.1 Å². The van der Waals surface area contributed by atoms with Gasteiger partial charge in [0.15, 0.2) is 11.5 Å². The van der Waals surface area contributed by atoms with E-state index < -0.39 is 0 Å². The Balaban J connectivity index is 2.32. The van der Waals surface area contributed by atoms with Crippen LogP contribution in [0.1, 0.15) is 23.6 Å². The molecule has 1 unspecified atom stereocenters. The standard InChI is InChI=1S/C12H17NO3/c1-8-5-11-12(16-7-15-11)6-9(8)10(13-2)3-4-14/h5-6,10,13-14H,3-4,7H2,1-2H3. The molecule has 1 heterocycles. The highest BCUT2D eigenvalue weighted by Crippen LogP contribution is 2.36. The molecule has 1 aromatic carbocycles. The lowest BCUT2D eigenvalue weighted by atomic mass is 9.98. The van der Waals surface area contributed by atoms with E-state index in [2.05, 4.69) is 5.32 Å². The Labute approximate surface area is 95.2 Å². The van der Waals surface area contributed by atoms with Crippen LogP contribution in [0.4, 0.5) is 0 Å². The first-order chi connectivity index (χ1) is 7.76. The molecule has 0 saturated carbocycles. The van der Waals surface area contributed by atoms with Crippen LogP contribution in [0.3, 0.4) is 0 Å². The number of nitrogens with one attached hydrogen (secondary N) is 1. The number of rotatable bonds is 4. The zero-order valence-electron chi connectivity index (χ0n) is 9.62. The predicted molar refractivity (Wildman–Crippen MR) is 60.8 cm³/mol. The highest BCUT2D eigenvalue weighted by atomic mass is 16.7. The molecular weight excluding hydrogens is 206 g/mol. The summed E-state index contributed by atoms with van der Waals surface area (Å²) < 4.78 is 10.7. The molecule has 0 spiro atoms. The summed E-state index contributed by atoms with van der Waals surface area (Å²) in [5.74, 6) is 1.60. The Morgan fingerprint density at radius 3 is 2.69 bits per heavy atom. The fourth-order valence-corrected chi connectivity index (χ4v) is 2.02. The van der Waals surface area contributed by atoms with E-state index in [4.69, 9.17) is 14.6 Å². The smallest absolute Gasteiger partial charge is 0.231 e. The minimum absolute atomic E-state index is 0.152. The van der Waals surface area contributed by atoms with Crippen molar-refractivity contribution in [3.05, 3.63) is 23.3 Å². The average Bonchev–Trinajstić information content (AvgIpc) is 2.72. The second kappa shape index (κ2) is 4.72. The van der Waals surface area contributed by atoms with Gasteiger partial charge in [0.2, 0.25) is 6.79 Å². The second-order valence-corrected chi connectivity index (χ2v) is 3.92. The van der Waals surface area contributed by atoms with Crippen LogP contribution in [0, 0.1) is 6.92 Å². The van der Waals surface area contributed by atoms with Crippen molar-refractivity contribution in [2.24, 2.45) is 0 Å². The minimum Gasteiger partial charge on any atom is -0.454 e. The molecule has 1 aliphatic heterocycles. The van der Waals surface area contributed by atoms with Crippen LogP contribution in [-0.4, -0.2) is 25.6 Å². The van der Waals surface area contributed by atoms with E-state index in [0.29, 0.717) is 13.2 Å². The average molecular weight is 223 g/mol. The molecule has 0 bridgehead atoms. The minimum atomic E-state index is 0.152. The van der Waals surface area contributed by atoms with E-state index in [-0.39, 0.29) is 12.6 Å². The van der Waals surface area contributed by atoms with E-state index in [1.54, 1.807) is 0 Å². The van der Waals surface area contributed by atoms with Gasteiger partial charge in [0.25, 0.3) is 0 Å². The van der Waals surface area contributed by atoms with Gasteiger partial charge in [-0.05, 0) is 43.7 Å². The Hall–Kier alpha value is -1.26. The summed E-state index contributed by atoms with van der Waals surface area (Å²) >= 11 is 0. The van der Waals surface area contributed by atoms with Crippen LogP contribution in [-0.2, 0) is 0 Å². The zero-order valence-corrected chi connectivity index (χ0v) is 9.62. The third-order valence-electron chi connectivity index (χ3n) is 2.90. The lowest BCUT2D eigenvalue weighted by Crippen LogP contribution is -2.18. The van der Waals surface area contributed by atoms with E-state index in [0.717, 1.165) is 22.6 Å². The number of hydrogen-bond donors (Lipinski definition) is 2. The molecule has 0 aromatic heterocycles. The molecule has 0 fully saturated rings. The van der Waals surface area contributed by atoms with Gasteiger partial charge in [-0.1, -0.05) is 0 Å². The highest BCUT2D eigenvalue weighted by Gasteiger charge is 2.19. The molecule has 1 aliphatic rings. The number of aryl methyl sites for hydroxylation is 1. The predicted octanol–water partition coefficient (Wildman–Crippen LogP) is 1.37. The third kappa shape index (κ3) is 1.99. The third-order valence-corrected chi connectivity index (χ3v) is 2.90. The first-order valence-electron chi connectivity index (χ1n) is 5.44. The van der Waals surface area contributed by atoms with Gasteiger partial charge in [0.1, 0.15) is 0 Å². The molecule has 0 amide bonds. The van der Waals surface area contributed by atoms with Crippen molar-refractivity contribution in [3.63, 3.8) is 0 Å². The Morgan fingerprint density at radius 2 is 2.06 bits per heavy atom. The van der Waals surface area contributed by atoms with Crippen LogP contribution < -0.4 is 14.8 Å². The first-order valence-corrected chi connectivity index (χ1v) is 5.44. The molecule has 4 heteroatoms. The van der Waals surface area contributed by atoms with E-state index >= 15 is 0 Å². The molecule has 16 heavy (non-hydrogen) atoms. The van der Waals surface area contributed by atoms with Crippen LogP contribution in [0.25, 0.3) is 0 Å². The molecule has 0 aliphatic carbocycles. The second-order valence-electron chi connectivity index (χ2n) is 3.92. The topological polar surface area (TPSA) is 50.7 Å². The fourth-order valence-electron chi connectivity index (χ4n) is 2.02. The summed E-state index contributed by atoms with van der Waals surface area (Å²) in [4.78, 5) is 0. The molecule has 1 atom stereocenters. The number of fused-ring (bicyclic) bond motifs is 1. The lowest BCUT2D eigenvalue weighted by molar-refractivity contribution is 0.174. The monoisotopic (exact) mass is 223 g/mol. The maximum atomic E-state index is 9.02. The molecule has 2 N–H and O–H groups in total. The molecular formula is C12H17NO3. The summed E-state index contributed by atoms with van der Waals surface area (Å²) in [5, 5.41) is 12.2. The molecule has 4 nitrogen and oxygen atoms in total. The van der Waals surface area contributed by atoms with Crippen molar-refractivity contribution in [2.45, 2.75) is 19.4 Å². The number of hydrogen-bond acceptors (Lipinski definition) is 4. The van der Waals surface area contributed by atoms with Gasteiger partial charge in [-0.3, -0.25) is 0 Å². The molecule has 0 saturated heterocycles. The normalized spacial score (nSPS) is 15.2. The number of ether oxygens (including phenoxy) is 2. The van der Waals surface area contributed by atoms with Gasteiger partial charge in [0.05, 0.1) is 0 Å². The van der Waals surface area contributed by atoms with Gasteiger partial charge in [-0.2, -0.15) is 0 Å². The van der Waals surface area contributed by atoms with Crippen molar-refractivity contribution >= 4 is 0 Å². The lowest BCUT2D eigenvalue weighted by Gasteiger charge is -2.18. The van der Waals surface area contributed by atoms with Gasteiger partial charge in [0, 0.05) is 12.6 Å². The van der Waals surface area contributed by atoms with Crippen molar-refractivity contribution in [1.29, 1.82) is 0 Å². The maximum absolute atomic E-state index is 9.02. The Morgan fingerprint density at radius 1 is 1.38 bits per heavy atom. The van der Waals surface area contributed by atoms with Gasteiger partial charge >= 0.3 is 0 Å². The van der Waals surface area contributed by atoms with Crippen LogP contribution in [0.5, 0.6) is 11.5 Å². The van der Waals surface area contributed by atoms with Gasteiger partial charge < -0.3 is 19.9 Å². The molecule has 2 rings (SSSR count). The largest absolute Gasteiger partial charge is 0.454 e. The van der Waals surface area contributed by atoms with Crippen molar-refractivity contribution in [2.75, 3.05) is 20.4 Å². The summed E-state index contributed by atoms with van der Waals surface area (Å²) in [5.41, 5.74) is 2.30. The zero-order chi connectivity index (χ0) is 11.5. The van der Waals surface area contributed by atoms with Crippen LogP contribution in [0.15, 0.2) is 12.1 Å². The Kier molecular flexibility index (Phi) is 3.31. The SMILES string of the molecule is CNC(CCO)c1cc2c(cc1C)OCO2. The van der Waals surface area contributed by atoms with Crippen molar-refractivity contribution in [3.8, 4) is 11.5 Å². The Bertz CT molecular complexity index is 379. The van der Waals surface area contributed by atoms with Crippen LogP contribution in [0.2, 0.25) is 0 Å². The summed E-state index contributed by atoms with van der Waals surface area (Å²) in [6, 6.07) is 4.13. The van der Waals surface area contributed by atoms with E-state index in [1.165, 1.54) is 0 Å². The molecule has 0 radical (unpaired) electrons. The summed E-state index contributed by atoms with van der Waals surface area (Å²) in [7, 11) is 1.89. The summed E-state index contributed by atoms with van der Waals surface area (Å²) in [6.07, 6.45) is 0.691. The van der Waals surface area contributed by atoms with E-state index in [9.17, 15) is 0 Å². The van der Waals surface area contributed by atoms with Crippen molar-refractivity contribution in [1.82, 2.24) is 5.32 Å². The highest BCUT2D eigenvalue weighted by molar-refractivity contribution is 5.49. The summed E-state index contributed by atoms with van der Waals surface area (Å²) in [6.45, 7) is 2.50. The van der Waals surface area contributed by atoms with Crippen molar-refractivity contribution < 1.29 is 14.6 Å². The molecule has 88 valence electrons. The quantitative estimate of drug-likeness (QED) is 0.809. The fraction of sp³-hybridized carbons (Fsp3) is 0.500. The molecule has 1 aromatic rings. The first kappa shape index (κ1) is 11.2. The number of aliphatic hydroxyl groups is 1. The number of benzene rings is 1. The maximum Gasteiger partial charge on any atom is 0.231 e. The van der Waals surface area contributed by atoms with Crippen LogP contribution >= 0.6 is 0 Å². The van der Waals surface area contributed by atoms with Gasteiger partial charge in [-0.25, -0.2) is 0 Å².